The van der Waals surface area contributed by atoms with Gasteiger partial charge in [0, 0.05) is 31.9 Å². The van der Waals surface area contributed by atoms with E-state index in [0.29, 0.717) is 30.4 Å². The van der Waals surface area contributed by atoms with Crippen LogP contribution in [0.15, 0.2) is 54.6 Å². The summed E-state index contributed by atoms with van der Waals surface area (Å²) < 4.78 is 6.10. The van der Waals surface area contributed by atoms with E-state index in [-0.39, 0.29) is 11.9 Å². The molecule has 0 saturated carbocycles. The van der Waals surface area contributed by atoms with Crippen molar-refractivity contribution in [2.24, 2.45) is 0 Å². The minimum absolute atomic E-state index is 0.0393. The number of benzene rings is 2. The van der Waals surface area contributed by atoms with Crippen molar-refractivity contribution in [2.75, 3.05) is 36.6 Å². The highest BCUT2D eigenvalue weighted by Crippen LogP contribution is 2.64. The first-order valence-corrected chi connectivity index (χ1v) is 12.9. The number of anilines is 1. The van der Waals surface area contributed by atoms with Gasteiger partial charge in [-0.2, -0.15) is 0 Å². The van der Waals surface area contributed by atoms with Crippen LogP contribution in [0.3, 0.4) is 0 Å². The Morgan fingerprint density at radius 2 is 1.61 bits per heavy atom. The van der Waals surface area contributed by atoms with E-state index in [1.807, 2.05) is 73.2 Å². The zero-order valence-electron chi connectivity index (χ0n) is 16.0. The number of amides is 1. The number of hydrogen-bond acceptors (Lipinski definition) is 2. The van der Waals surface area contributed by atoms with Crippen molar-refractivity contribution in [1.29, 1.82) is 0 Å². The topological polar surface area (TPSA) is 26.8 Å². The molecule has 4 nitrogen and oxygen atoms in total. The SMILES string of the molecule is CC(c1ccccc1)N1C(=O)c2ccccc2N(C)P1(=S)N(CCCl)CCCl. The van der Waals surface area contributed by atoms with Crippen LogP contribution in [-0.4, -0.2) is 47.1 Å². The second kappa shape index (κ2) is 9.15. The summed E-state index contributed by atoms with van der Waals surface area (Å²) in [4.78, 5) is 13.7. The third kappa shape index (κ3) is 3.71. The summed E-state index contributed by atoms with van der Waals surface area (Å²) in [6.07, 6.45) is 0. The highest BCUT2D eigenvalue weighted by atomic mass is 35.5. The predicted molar refractivity (Wildman–Crippen MR) is 123 cm³/mol. The standard InChI is InChI=1S/C20H24Cl2N3OPS/c1-16(17-8-4-3-5-9-17)25-20(26)18-10-6-7-11-19(18)23(2)27(25,28)24(14-12-21)15-13-22/h3-11,16H,12-15H2,1-2H3. The molecule has 0 saturated heterocycles. The van der Waals surface area contributed by atoms with Crippen molar-refractivity contribution in [3.63, 3.8) is 0 Å². The number of rotatable bonds is 7. The van der Waals surface area contributed by atoms with Crippen molar-refractivity contribution in [1.82, 2.24) is 9.34 Å². The largest absolute Gasteiger partial charge is 0.319 e. The average molecular weight is 456 g/mol. The molecule has 3 rings (SSSR count). The highest BCUT2D eigenvalue weighted by Gasteiger charge is 2.47. The Hall–Kier alpha value is -1.10. The second-order valence-electron chi connectivity index (χ2n) is 6.62. The molecule has 1 aliphatic rings. The lowest BCUT2D eigenvalue weighted by atomic mass is 10.1. The van der Waals surface area contributed by atoms with E-state index in [4.69, 9.17) is 35.0 Å². The Morgan fingerprint density at radius 1 is 1.04 bits per heavy atom. The molecule has 2 aromatic carbocycles. The summed E-state index contributed by atoms with van der Waals surface area (Å²) in [5, 5.41) is 0. The molecular formula is C20H24Cl2N3OPS. The fourth-order valence-electron chi connectivity index (χ4n) is 3.63. The number of carbonyl (C=O) groups is 1. The lowest BCUT2D eigenvalue weighted by molar-refractivity contribution is 0.0819. The fraction of sp³-hybridized carbons (Fsp3) is 0.350. The van der Waals surface area contributed by atoms with Gasteiger partial charge in [0.2, 0.25) is 0 Å². The zero-order chi connectivity index (χ0) is 20.3. The molecule has 0 N–H and O–H groups in total. The number of fused-ring (bicyclic) bond motifs is 1. The van der Waals surface area contributed by atoms with Crippen molar-refractivity contribution in [2.45, 2.75) is 13.0 Å². The molecule has 1 aliphatic heterocycles. The van der Waals surface area contributed by atoms with Gasteiger partial charge in [0.05, 0.1) is 17.3 Å². The van der Waals surface area contributed by atoms with Gasteiger partial charge in [-0.15, -0.1) is 23.2 Å². The first kappa shape index (κ1) is 21.6. The summed E-state index contributed by atoms with van der Waals surface area (Å²) in [7, 11) is 1.98. The summed E-state index contributed by atoms with van der Waals surface area (Å²) in [6, 6.07) is 17.5. The number of para-hydroxylation sites is 1. The van der Waals surface area contributed by atoms with Crippen LogP contribution in [0.4, 0.5) is 5.69 Å². The Balaban J connectivity index is 2.19. The minimum atomic E-state index is -2.65. The Morgan fingerprint density at radius 3 is 2.21 bits per heavy atom. The van der Waals surface area contributed by atoms with Gasteiger partial charge >= 0.3 is 0 Å². The number of hydrogen-bond donors (Lipinski definition) is 0. The Kier molecular flexibility index (Phi) is 7.06. The summed E-state index contributed by atoms with van der Waals surface area (Å²) in [6.45, 7) is 0.530. The molecular weight excluding hydrogens is 432 g/mol. The maximum atomic E-state index is 13.7. The number of nitrogens with zero attached hydrogens (tertiary/aromatic N) is 3. The van der Waals surface area contributed by atoms with E-state index in [0.717, 1.165) is 11.3 Å². The van der Waals surface area contributed by atoms with Gasteiger partial charge in [0.25, 0.3) is 5.91 Å². The van der Waals surface area contributed by atoms with Crippen LogP contribution < -0.4 is 4.67 Å². The Bertz CT molecular complexity index is 877. The molecule has 2 atom stereocenters. The number of halogens is 2. The lowest BCUT2D eigenvalue weighted by Gasteiger charge is -2.52. The summed E-state index contributed by atoms with van der Waals surface area (Å²) in [5.74, 6) is 0.807. The van der Waals surface area contributed by atoms with Crippen molar-refractivity contribution < 1.29 is 4.79 Å². The smallest absolute Gasteiger partial charge is 0.262 e. The van der Waals surface area contributed by atoms with E-state index >= 15 is 0 Å². The van der Waals surface area contributed by atoms with Crippen LogP contribution in [-0.2, 0) is 11.8 Å². The van der Waals surface area contributed by atoms with Crippen LogP contribution in [0.1, 0.15) is 28.9 Å². The molecule has 0 spiro atoms. The van der Waals surface area contributed by atoms with Gasteiger partial charge in [-0.3, -0.25) is 9.46 Å². The fourth-order valence-corrected chi connectivity index (χ4v) is 8.72. The van der Waals surface area contributed by atoms with Gasteiger partial charge < -0.3 is 4.67 Å². The number of carbonyl (C=O) groups excluding carboxylic acids is 1. The molecule has 2 aromatic rings. The van der Waals surface area contributed by atoms with E-state index < -0.39 is 6.49 Å². The van der Waals surface area contributed by atoms with Crippen molar-refractivity contribution >= 4 is 53.1 Å². The van der Waals surface area contributed by atoms with Crippen LogP contribution in [0.5, 0.6) is 0 Å². The zero-order valence-corrected chi connectivity index (χ0v) is 19.2. The molecule has 8 heteroatoms. The van der Waals surface area contributed by atoms with Gasteiger partial charge in [-0.25, -0.2) is 4.67 Å². The molecule has 1 heterocycles. The van der Waals surface area contributed by atoms with Crippen LogP contribution in [0.2, 0.25) is 0 Å². The molecule has 150 valence electrons. The molecule has 2 unspecified atom stereocenters. The van der Waals surface area contributed by atoms with Gasteiger partial charge in [0.1, 0.15) is 0 Å². The highest BCUT2D eigenvalue weighted by molar-refractivity contribution is 8.13. The van der Waals surface area contributed by atoms with Crippen LogP contribution >= 0.6 is 29.7 Å². The molecule has 0 radical (unpaired) electrons. The van der Waals surface area contributed by atoms with E-state index in [2.05, 4.69) is 9.34 Å². The molecule has 0 aliphatic carbocycles. The maximum Gasteiger partial charge on any atom is 0.262 e. The minimum Gasteiger partial charge on any atom is -0.319 e. The molecule has 0 aromatic heterocycles. The summed E-state index contributed by atoms with van der Waals surface area (Å²) >= 11 is 18.5. The lowest BCUT2D eigenvalue weighted by Crippen LogP contribution is -2.48. The van der Waals surface area contributed by atoms with Gasteiger partial charge in [-0.05, 0) is 36.4 Å². The summed E-state index contributed by atoms with van der Waals surface area (Å²) in [5.41, 5.74) is 2.58. The van der Waals surface area contributed by atoms with E-state index in [1.54, 1.807) is 0 Å². The normalized spacial score (nSPS) is 20.4. The van der Waals surface area contributed by atoms with E-state index in [1.165, 1.54) is 0 Å². The van der Waals surface area contributed by atoms with Crippen LogP contribution in [0, 0.1) is 0 Å². The predicted octanol–water partition coefficient (Wildman–Crippen LogP) is 5.34. The van der Waals surface area contributed by atoms with Crippen molar-refractivity contribution in [3.05, 3.63) is 65.7 Å². The third-order valence-corrected chi connectivity index (χ3v) is 10.6. The van der Waals surface area contributed by atoms with Crippen LogP contribution in [0.25, 0.3) is 0 Å². The molecule has 0 fully saturated rings. The first-order chi connectivity index (χ1) is 13.5. The quantitative estimate of drug-likeness (QED) is 0.415. The van der Waals surface area contributed by atoms with Crippen molar-refractivity contribution in [3.8, 4) is 0 Å². The molecule has 0 bridgehead atoms. The first-order valence-electron chi connectivity index (χ1n) is 9.16. The average Bonchev–Trinajstić information content (AvgIpc) is 2.72. The van der Waals surface area contributed by atoms with Gasteiger partial charge in [0.15, 0.2) is 6.49 Å². The number of alkyl halides is 2. The molecule has 1 amide bonds. The Labute approximate surface area is 182 Å². The molecule has 28 heavy (non-hydrogen) atoms. The second-order valence-corrected chi connectivity index (χ2v) is 11.5. The monoisotopic (exact) mass is 455 g/mol. The maximum absolute atomic E-state index is 13.7. The third-order valence-electron chi connectivity index (χ3n) is 5.07. The van der Waals surface area contributed by atoms with Gasteiger partial charge in [-0.1, -0.05) is 42.5 Å². The van der Waals surface area contributed by atoms with E-state index in [9.17, 15) is 4.79 Å².